The van der Waals surface area contributed by atoms with Crippen LogP contribution in [0.25, 0.3) is 11.0 Å². The van der Waals surface area contributed by atoms with Gasteiger partial charge in [-0.3, -0.25) is 0 Å². The van der Waals surface area contributed by atoms with Gasteiger partial charge in [0.2, 0.25) is 0 Å². The maximum Gasteiger partial charge on any atom is 0.143 e. The molecule has 0 spiro atoms. The molecular weight excluding hydrogens is 238 g/mol. The minimum Gasteiger partial charge on any atom is -0.390 e. The predicted molar refractivity (Wildman–Crippen MR) is 74.9 cm³/mol. The Morgan fingerprint density at radius 2 is 2.11 bits per heavy atom. The summed E-state index contributed by atoms with van der Waals surface area (Å²) in [5, 5.41) is 11.3. The molecule has 102 valence electrons. The van der Waals surface area contributed by atoms with Crippen molar-refractivity contribution in [1.29, 1.82) is 0 Å². The zero-order valence-electron chi connectivity index (χ0n) is 11.8. The third-order valence-corrected chi connectivity index (χ3v) is 4.51. The number of nitrogens with zero attached hydrogens (tertiary/aromatic N) is 3. The number of aryl methyl sites for hydroxylation is 1. The SMILES string of the molecule is Cc1ncnc2c1ccn2[C@H]1CC[C@@H](C(C)(C)O)C1. The van der Waals surface area contributed by atoms with Crippen LogP contribution >= 0.6 is 0 Å². The highest BCUT2D eigenvalue weighted by molar-refractivity contribution is 5.78. The lowest BCUT2D eigenvalue weighted by Gasteiger charge is -2.25. The standard InChI is InChI=1S/C15H21N3O/c1-10-13-6-7-18(14(13)17-9-16-10)12-5-4-11(8-12)15(2,3)19/h6-7,9,11-12,19H,4-5,8H2,1-3H3/t11-,12+/m1/s1. The van der Waals surface area contributed by atoms with Crippen molar-refractivity contribution in [3.8, 4) is 0 Å². The monoisotopic (exact) mass is 259 g/mol. The van der Waals surface area contributed by atoms with Gasteiger partial charge in [0.1, 0.15) is 12.0 Å². The van der Waals surface area contributed by atoms with Gasteiger partial charge in [0.25, 0.3) is 0 Å². The van der Waals surface area contributed by atoms with E-state index in [9.17, 15) is 5.11 Å². The molecule has 1 N–H and O–H groups in total. The summed E-state index contributed by atoms with van der Waals surface area (Å²) in [4.78, 5) is 8.66. The van der Waals surface area contributed by atoms with Gasteiger partial charge in [-0.15, -0.1) is 0 Å². The highest BCUT2D eigenvalue weighted by atomic mass is 16.3. The van der Waals surface area contributed by atoms with Crippen LogP contribution in [0.2, 0.25) is 0 Å². The molecule has 1 aliphatic carbocycles. The minimum atomic E-state index is -0.581. The van der Waals surface area contributed by atoms with Crippen molar-refractivity contribution in [2.75, 3.05) is 0 Å². The van der Waals surface area contributed by atoms with Gasteiger partial charge >= 0.3 is 0 Å². The highest BCUT2D eigenvalue weighted by Crippen LogP contribution is 2.41. The van der Waals surface area contributed by atoms with Crippen LogP contribution in [-0.4, -0.2) is 25.2 Å². The average molecular weight is 259 g/mol. The second-order valence-electron chi connectivity index (χ2n) is 6.24. The molecule has 19 heavy (non-hydrogen) atoms. The van der Waals surface area contributed by atoms with Crippen molar-refractivity contribution < 1.29 is 5.11 Å². The van der Waals surface area contributed by atoms with Gasteiger partial charge in [0.05, 0.1) is 11.3 Å². The Bertz CT molecular complexity index is 597. The molecular formula is C15H21N3O. The molecule has 0 bridgehead atoms. The van der Waals surface area contributed by atoms with Crippen molar-refractivity contribution in [2.24, 2.45) is 5.92 Å². The van der Waals surface area contributed by atoms with Crippen molar-refractivity contribution in [3.63, 3.8) is 0 Å². The molecule has 3 rings (SSSR count). The first kappa shape index (κ1) is 12.6. The molecule has 1 fully saturated rings. The molecule has 2 aromatic rings. The lowest BCUT2D eigenvalue weighted by molar-refractivity contribution is 0.0186. The first-order valence-corrected chi connectivity index (χ1v) is 6.97. The Hall–Kier alpha value is -1.42. The van der Waals surface area contributed by atoms with Gasteiger partial charge in [0, 0.05) is 17.6 Å². The zero-order chi connectivity index (χ0) is 13.6. The highest BCUT2D eigenvalue weighted by Gasteiger charge is 2.35. The summed E-state index contributed by atoms with van der Waals surface area (Å²) >= 11 is 0. The van der Waals surface area contributed by atoms with Gasteiger partial charge in [-0.2, -0.15) is 0 Å². The van der Waals surface area contributed by atoms with E-state index in [0.29, 0.717) is 12.0 Å². The lowest BCUT2D eigenvalue weighted by atomic mass is 9.89. The fourth-order valence-corrected chi connectivity index (χ4v) is 3.24. The van der Waals surface area contributed by atoms with Crippen LogP contribution in [0.1, 0.15) is 44.8 Å². The molecule has 0 radical (unpaired) electrons. The van der Waals surface area contributed by atoms with Crippen LogP contribution < -0.4 is 0 Å². The number of aliphatic hydroxyl groups is 1. The van der Waals surface area contributed by atoms with Gasteiger partial charge in [-0.05, 0) is 52.0 Å². The molecule has 2 atom stereocenters. The maximum absolute atomic E-state index is 10.2. The summed E-state index contributed by atoms with van der Waals surface area (Å²) in [5.74, 6) is 0.373. The number of fused-ring (bicyclic) bond motifs is 1. The predicted octanol–water partition coefficient (Wildman–Crippen LogP) is 2.85. The summed E-state index contributed by atoms with van der Waals surface area (Å²) in [6.45, 7) is 5.85. The van der Waals surface area contributed by atoms with E-state index >= 15 is 0 Å². The Balaban J connectivity index is 1.92. The number of rotatable bonds is 2. The zero-order valence-corrected chi connectivity index (χ0v) is 11.8. The number of hydrogen-bond donors (Lipinski definition) is 1. The fraction of sp³-hybridized carbons (Fsp3) is 0.600. The van der Waals surface area contributed by atoms with Crippen LogP contribution in [0, 0.1) is 12.8 Å². The van der Waals surface area contributed by atoms with Gasteiger partial charge < -0.3 is 9.67 Å². The van der Waals surface area contributed by atoms with Crippen molar-refractivity contribution in [2.45, 2.75) is 51.7 Å². The largest absolute Gasteiger partial charge is 0.390 e. The van der Waals surface area contributed by atoms with Crippen LogP contribution in [0.3, 0.4) is 0 Å². The molecule has 4 nitrogen and oxygen atoms in total. The molecule has 0 saturated heterocycles. The van der Waals surface area contributed by atoms with E-state index in [-0.39, 0.29) is 0 Å². The molecule has 0 amide bonds. The van der Waals surface area contributed by atoms with Crippen molar-refractivity contribution in [1.82, 2.24) is 14.5 Å². The first-order chi connectivity index (χ1) is 8.97. The minimum absolute atomic E-state index is 0.373. The fourth-order valence-electron chi connectivity index (χ4n) is 3.24. The van der Waals surface area contributed by atoms with Gasteiger partial charge in [-0.25, -0.2) is 9.97 Å². The second kappa shape index (κ2) is 4.30. The van der Waals surface area contributed by atoms with Crippen LogP contribution in [0.4, 0.5) is 0 Å². The third-order valence-electron chi connectivity index (χ3n) is 4.51. The molecule has 2 heterocycles. The molecule has 0 unspecified atom stereocenters. The third kappa shape index (κ3) is 2.14. The van der Waals surface area contributed by atoms with E-state index < -0.39 is 5.60 Å². The van der Waals surface area contributed by atoms with Crippen LogP contribution in [0.5, 0.6) is 0 Å². The first-order valence-electron chi connectivity index (χ1n) is 6.97. The van der Waals surface area contributed by atoms with E-state index in [1.807, 2.05) is 20.8 Å². The summed E-state index contributed by atoms with van der Waals surface area (Å²) in [7, 11) is 0. The molecule has 0 aliphatic heterocycles. The smallest absolute Gasteiger partial charge is 0.143 e. The van der Waals surface area contributed by atoms with E-state index in [1.165, 1.54) is 0 Å². The average Bonchev–Trinajstić information content (AvgIpc) is 2.93. The summed E-state index contributed by atoms with van der Waals surface area (Å²) < 4.78 is 2.26. The molecule has 0 aromatic carbocycles. The van der Waals surface area contributed by atoms with Crippen LogP contribution in [0.15, 0.2) is 18.6 Å². The number of aromatic nitrogens is 3. The normalized spacial score (nSPS) is 24.2. The summed E-state index contributed by atoms with van der Waals surface area (Å²) in [5.41, 5.74) is 1.47. The Morgan fingerprint density at radius 1 is 1.32 bits per heavy atom. The summed E-state index contributed by atoms with van der Waals surface area (Å²) in [6, 6.07) is 2.55. The van der Waals surface area contributed by atoms with E-state index in [4.69, 9.17) is 0 Å². The van der Waals surface area contributed by atoms with E-state index in [1.54, 1.807) is 6.33 Å². The Kier molecular flexibility index (Phi) is 2.86. The summed E-state index contributed by atoms with van der Waals surface area (Å²) in [6.07, 6.45) is 6.97. The van der Waals surface area contributed by atoms with Gasteiger partial charge in [-0.1, -0.05) is 0 Å². The topological polar surface area (TPSA) is 50.9 Å². The number of hydrogen-bond acceptors (Lipinski definition) is 3. The molecule has 1 aliphatic rings. The maximum atomic E-state index is 10.2. The van der Waals surface area contributed by atoms with E-state index in [2.05, 4.69) is 26.8 Å². The van der Waals surface area contributed by atoms with Crippen LogP contribution in [-0.2, 0) is 0 Å². The van der Waals surface area contributed by atoms with E-state index in [0.717, 1.165) is 36.0 Å². The molecule has 4 heteroatoms. The lowest BCUT2D eigenvalue weighted by Crippen LogP contribution is -2.28. The second-order valence-corrected chi connectivity index (χ2v) is 6.24. The van der Waals surface area contributed by atoms with Crippen molar-refractivity contribution >= 4 is 11.0 Å². The quantitative estimate of drug-likeness (QED) is 0.902. The molecule has 2 aromatic heterocycles. The Morgan fingerprint density at radius 3 is 2.79 bits per heavy atom. The van der Waals surface area contributed by atoms with Gasteiger partial charge in [0.15, 0.2) is 0 Å². The van der Waals surface area contributed by atoms with Crippen molar-refractivity contribution in [3.05, 3.63) is 24.3 Å². The Labute approximate surface area is 113 Å². The molecule has 1 saturated carbocycles.